The number of rotatable bonds is 4. The van der Waals surface area contributed by atoms with Gasteiger partial charge in [0.05, 0.1) is 10.8 Å². The Morgan fingerprint density at radius 1 is 1.15 bits per heavy atom. The highest BCUT2D eigenvalue weighted by molar-refractivity contribution is 7.89. The maximum Gasteiger partial charge on any atom is 0.243 e. The molecule has 2 aromatic carbocycles. The Labute approximate surface area is 165 Å². The van der Waals surface area contributed by atoms with Gasteiger partial charge < -0.3 is 5.32 Å². The summed E-state index contributed by atoms with van der Waals surface area (Å²) in [6.07, 6.45) is 1.31. The van der Waals surface area contributed by atoms with Crippen LogP contribution in [-0.4, -0.2) is 31.7 Å². The number of carbonyl (C=O) groups is 1. The van der Waals surface area contributed by atoms with Crippen LogP contribution in [0.3, 0.4) is 0 Å². The zero-order valence-corrected chi connectivity index (χ0v) is 17.0. The molecule has 0 bridgehead atoms. The van der Waals surface area contributed by atoms with Crippen molar-refractivity contribution in [1.29, 1.82) is 0 Å². The minimum absolute atomic E-state index is 0.182. The van der Waals surface area contributed by atoms with Gasteiger partial charge >= 0.3 is 0 Å². The van der Waals surface area contributed by atoms with Gasteiger partial charge in [0.2, 0.25) is 15.9 Å². The highest BCUT2D eigenvalue weighted by Gasteiger charge is 2.33. The van der Waals surface area contributed by atoms with E-state index in [1.165, 1.54) is 4.31 Å². The van der Waals surface area contributed by atoms with Crippen molar-refractivity contribution >= 4 is 33.2 Å². The van der Waals surface area contributed by atoms with Gasteiger partial charge in [-0.15, -0.1) is 0 Å². The van der Waals surface area contributed by atoms with Crippen molar-refractivity contribution in [3.05, 3.63) is 58.6 Å². The normalized spacial score (nSPS) is 18.3. The van der Waals surface area contributed by atoms with E-state index in [-0.39, 0.29) is 23.3 Å². The number of benzene rings is 2. The van der Waals surface area contributed by atoms with E-state index in [2.05, 4.69) is 5.32 Å². The van der Waals surface area contributed by atoms with Crippen LogP contribution in [0.5, 0.6) is 0 Å². The van der Waals surface area contributed by atoms with Crippen LogP contribution in [0, 0.1) is 19.8 Å². The smallest absolute Gasteiger partial charge is 0.243 e. The Morgan fingerprint density at radius 3 is 2.52 bits per heavy atom. The first kappa shape index (κ1) is 19.9. The predicted octanol–water partition coefficient (Wildman–Crippen LogP) is 4.00. The second kappa shape index (κ2) is 8.00. The number of hydrogen-bond acceptors (Lipinski definition) is 3. The molecule has 1 saturated heterocycles. The Bertz CT molecular complexity index is 942. The second-order valence-corrected chi connectivity index (χ2v) is 9.31. The zero-order valence-electron chi connectivity index (χ0n) is 15.4. The molecule has 0 spiro atoms. The van der Waals surface area contributed by atoms with Gasteiger partial charge in [-0.1, -0.05) is 35.4 Å². The summed E-state index contributed by atoms with van der Waals surface area (Å²) in [6.45, 7) is 4.41. The van der Waals surface area contributed by atoms with Crippen molar-refractivity contribution in [3.63, 3.8) is 0 Å². The molecule has 7 heteroatoms. The summed E-state index contributed by atoms with van der Waals surface area (Å²) in [6, 6.07) is 12.1. The zero-order chi connectivity index (χ0) is 19.6. The highest BCUT2D eigenvalue weighted by Crippen LogP contribution is 2.26. The van der Waals surface area contributed by atoms with Gasteiger partial charge in [0.15, 0.2) is 0 Å². The van der Waals surface area contributed by atoms with Gasteiger partial charge in [-0.05, 0) is 56.5 Å². The fourth-order valence-electron chi connectivity index (χ4n) is 3.15. The summed E-state index contributed by atoms with van der Waals surface area (Å²) in [5.41, 5.74) is 2.55. The minimum atomic E-state index is -3.60. The van der Waals surface area contributed by atoms with Crippen LogP contribution in [0.15, 0.2) is 47.4 Å². The molecule has 1 fully saturated rings. The number of anilines is 1. The molecule has 1 aliphatic rings. The van der Waals surface area contributed by atoms with Crippen molar-refractivity contribution < 1.29 is 13.2 Å². The first-order valence-corrected chi connectivity index (χ1v) is 10.7. The number of hydrogen-bond donors (Lipinski definition) is 1. The van der Waals surface area contributed by atoms with Crippen LogP contribution in [0.25, 0.3) is 0 Å². The Kier molecular flexibility index (Phi) is 5.89. The van der Waals surface area contributed by atoms with Crippen LogP contribution in [0.4, 0.5) is 5.69 Å². The van der Waals surface area contributed by atoms with E-state index < -0.39 is 10.0 Å². The number of sulfonamides is 1. The van der Waals surface area contributed by atoms with Gasteiger partial charge in [0.25, 0.3) is 0 Å². The van der Waals surface area contributed by atoms with Crippen LogP contribution in [0.1, 0.15) is 24.0 Å². The van der Waals surface area contributed by atoms with Gasteiger partial charge in [-0.3, -0.25) is 4.79 Å². The SMILES string of the molecule is Cc1ccc(S(=O)(=O)N2CCC[C@H](C(=O)Nc3ccc(C)c(Cl)c3)C2)cc1. The van der Waals surface area contributed by atoms with Crippen molar-refractivity contribution in [2.24, 2.45) is 5.92 Å². The monoisotopic (exact) mass is 406 g/mol. The molecular formula is C20H23ClN2O3S. The largest absolute Gasteiger partial charge is 0.326 e. The van der Waals surface area contributed by atoms with Crippen LogP contribution in [-0.2, 0) is 14.8 Å². The molecule has 27 heavy (non-hydrogen) atoms. The predicted molar refractivity (Wildman–Crippen MR) is 107 cm³/mol. The quantitative estimate of drug-likeness (QED) is 0.834. The molecule has 1 heterocycles. The minimum Gasteiger partial charge on any atom is -0.326 e. The number of nitrogens with zero attached hydrogens (tertiary/aromatic N) is 1. The third-order valence-electron chi connectivity index (χ3n) is 4.85. The third kappa shape index (κ3) is 4.51. The summed E-state index contributed by atoms with van der Waals surface area (Å²) >= 11 is 6.11. The molecular weight excluding hydrogens is 384 g/mol. The molecule has 2 aromatic rings. The van der Waals surface area contributed by atoms with E-state index in [0.29, 0.717) is 30.1 Å². The fraction of sp³-hybridized carbons (Fsp3) is 0.350. The Hall–Kier alpha value is -1.89. The maximum absolute atomic E-state index is 12.9. The van der Waals surface area contributed by atoms with E-state index >= 15 is 0 Å². The lowest BCUT2D eigenvalue weighted by Gasteiger charge is -2.31. The first-order valence-electron chi connectivity index (χ1n) is 8.91. The van der Waals surface area contributed by atoms with Crippen molar-refractivity contribution in [3.8, 4) is 0 Å². The van der Waals surface area contributed by atoms with Crippen molar-refractivity contribution in [1.82, 2.24) is 4.31 Å². The lowest BCUT2D eigenvalue weighted by Crippen LogP contribution is -2.43. The number of nitrogens with one attached hydrogen (secondary N) is 1. The van der Waals surface area contributed by atoms with Gasteiger partial charge in [0.1, 0.15) is 0 Å². The number of carbonyl (C=O) groups excluding carboxylic acids is 1. The van der Waals surface area contributed by atoms with E-state index in [1.54, 1.807) is 36.4 Å². The van der Waals surface area contributed by atoms with Crippen LogP contribution < -0.4 is 5.32 Å². The lowest BCUT2D eigenvalue weighted by atomic mass is 9.98. The number of halogens is 1. The highest BCUT2D eigenvalue weighted by atomic mass is 35.5. The molecule has 0 unspecified atom stereocenters. The lowest BCUT2D eigenvalue weighted by molar-refractivity contribution is -0.120. The molecule has 1 N–H and O–H groups in total. The van der Waals surface area contributed by atoms with E-state index in [1.807, 2.05) is 19.9 Å². The van der Waals surface area contributed by atoms with E-state index in [0.717, 1.165) is 11.1 Å². The average molecular weight is 407 g/mol. The standard InChI is InChI=1S/C20H23ClN2O3S/c1-14-5-9-18(10-6-14)27(25,26)23-11-3-4-16(13-23)20(24)22-17-8-7-15(2)19(21)12-17/h5-10,12,16H,3-4,11,13H2,1-2H3,(H,22,24)/t16-/m0/s1. The molecule has 0 radical (unpaired) electrons. The van der Waals surface area contributed by atoms with E-state index in [4.69, 9.17) is 11.6 Å². The third-order valence-corrected chi connectivity index (χ3v) is 7.14. The topological polar surface area (TPSA) is 66.5 Å². The summed E-state index contributed by atoms with van der Waals surface area (Å²) in [7, 11) is -3.60. The summed E-state index contributed by atoms with van der Waals surface area (Å²) in [5, 5.41) is 3.44. The number of piperidine rings is 1. The maximum atomic E-state index is 12.9. The average Bonchev–Trinajstić information content (AvgIpc) is 2.65. The molecule has 0 aromatic heterocycles. The van der Waals surface area contributed by atoms with Crippen LogP contribution >= 0.6 is 11.6 Å². The molecule has 3 rings (SSSR count). The van der Waals surface area contributed by atoms with Gasteiger partial charge in [-0.2, -0.15) is 4.31 Å². The summed E-state index contributed by atoms with van der Waals surface area (Å²) in [5.74, 6) is -0.572. The molecule has 0 aliphatic carbocycles. The van der Waals surface area contributed by atoms with Crippen LogP contribution in [0.2, 0.25) is 5.02 Å². The second-order valence-electron chi connectivity index (χ2n) is 6.97. The summed E-state index contributed by atoms with van der Waals surface area (Å²) < 4.78 is 27.2. The van der Waals surface area contributed by atoms with Crippen molar-refractivity contribution in [2.75, 3.05) is 18.4 Å². The van der Waals surface area contributed by atoms with Gasteiger partial charge in [0, 0.05) is 23.8 Å². The first-order chi connectivity index (χ1) is 12.8. The summed E-state index contributed by atoms with van der Waals surface area (Å²) in [4.78, 5) is 12.9. The molecule has 5 nitrogen and oxygen atoms in total. The number of aryl methyl sites for hydroxylation is 2. The van der Waals surface area contributed by atoms with Crippen molar-refractivity contribution in [2.45, 2.75) is 31.6 Å². The molecule has 0 saturated carbocycles. The van der Waals surface area contributed by atoms with E-state index in [9.17, 15) is 13.2 Å². The van der Waals surface area contributed by atoms with Gasteiger partial charge in [-0.25, -0.2) is 8.42 Å². The molecule has 144 valence electrons. The Balaban J connectivity index is 1.72. The molecule has 1 atom stereocenters. The Morgan fingerprint density at radius 2 is 1.85 bits per heavy atom. The molecule has 1 amide bonds. The number of amides is 1. The fourth-order valence-corrected chi connectivity index (χ4v) is 4.85. The molecule has 1 aliphatic heterocycles.